The highest BCUT2D eigenvalue weighted by atomic mass is 35.5. The molecule has 4 aromatic rings. The average molecular weight is 748 g/mol. The molecule has 51 heavy (non-hydrogen) atoms. The quantitative estimate of drug-likeness (QED) is 0.252. The van der Waals surface area contributed by atoms with Crippen LogP contribution in [0.4, 0.5) is 24.3 Å². The Bertz CT molecular complexity index is 1850. The Hall–Kier alpha value is -5.10. The van der Waals surface area contributed by atoms with Gasteiger partial charge in [0.15, 0.2) is 6.61 Å². The fourth-order valence-corrected chi connectivity index (χ4v) is 5.58. The van der Waals surface area contributed by atoms with Crippen LogP contribution in [0.5, 0.6) is 11.8 Å². The maximum Gasteiger partial charge on any atom is 0.422 e. The molecule has 0 saturated carbocycles. The zero-order valence-corrected chi connectivity index (χ0v) is 29.0. The number of amides is 3. The summed E-state index contributed by atoms with van der Waals surface area (Å²) in [5, 5.41) is 16.2. The molecule has 3 amide bonds. The summed E-state index contributed by atoms with van der Waals surface area (Å²) in [4.78, 5) is 53.0. The van der Waals surface area contributed by atoms with Crippen molar-refractivity contribution in [2.24, 2.45) is 5.41 Å². The zero-order chi connectivity index (χ0) is 36.6. The molecule has 14 nitrogen and oxygen atoms in total. The van der Waals surface area contributed by atoms with Crippen molar-refractivity contribution in [3.05, 3.63) is 75.5 Å². The van der Waals surface area contributed by atoms with Crippen LogP contribution < -0.4 is 25.4 Å². The van der Waals surface area contributed by atoms with Gasteiger partial charge in [-0.25, -0.2) is 0 Å². The molecule has 2 aromatic heterocycles. The van der Waals surface area contributed by atoms with Crippen LogP contribution in [0.1, 0.15) is 47.6 Å². The monoisotopic (exact) mass is 747 g/mol. The first-order valence-electron chi connectivity index (χ1n) is 15.6. The molecule has 0 saturated heterocycles. The lowest BCUT2D eigenvalue weighted by Gasteiger charge is -2.32. The minimum absolute atomic E-state index is 0.0159. The van der Waals surface area contributed by atoms with E-state index in [9.17, 15) is 27.6 Å². The van der Waals surface area contributed by atoms with E-state index in [0.29, 0.717) is 33.9 Å². The molecule has 19 heteroatoms. The van der Waals surface area contributed by atoms with Crippen molar-refractivity contribution < 1.29 is 37.0 Å². The zero-order valence-electron chi connectivity index (χ0n) is 27.4. The Kier molecular flexibility index (Phi) is 11.9. The third kappa shape index (κ3) is 11.2. The molecule has 0 radical (unpaired) electrons. The summed E-state index contributed by atoms with van der Waals surface area (Å²) < 4.78 is 49.4. The highest BCUT2D eigenvalue weighted by Crippen LogP contribution is 2.27. The number of ether oxygens (including phenoxy) is 2. The molecule has 6 heterocycles. The molecule has 8 rings (SSSR count). The Morgan fingerprint density at radius 3 is 2.57 bits per heavy atom. The Morgan fingerprint density at radius 2 is 1.86 bits per heavy atom. The molecule has 3 N–H and O–H groups in total. The van der Waals surface area contributed by atoms with Gasteiger partial charge in [0.05, 0.1) is 11.6 Å². The number of carbonyl (C=O) groups excluding carboxylic acids is 3. The minimum Gasteiger partial charge on any atom is -0.492 e. The lowest BCUT2D eigenvalue weighted by molar-refractivity contribution is -0.154. The van der Waals surface area contributed by atoms with Gasteiger partial charge in [0, 0.05) is 38.2 Å². The van der Waals surface area contributed by atoms with Gasteiger partial charge in [-0.15, -0.1) is 10.2 Å². The second kappa shape index (κ2) is 16.3. The Labute approximate surface area is 299 Å². The van der Waals surface area contributed by atoms with Crippen molar-refractivity contribution in [1.29, 1.82) is 0 Å². The normalized spacial score (nSPS) is 15.6. The van der Waals surface area contributed by atoms with Crippen LogP contribution in [0, 0.1) is 5.41 Å². The second-order valence-corrected chi connectivity index (χ2v) is 13.5. The lowest BCUT2D eigenvalue weighted by atomic mass is 9.92. The number of hydrogen-bond donors (Lipinski definition) is 3. The van der Waals surface area contributed by atoms with Crippen LogP contribution in [0.15, 0.2) is 48.0 Å². The van der Waals surface area contributed by atoms with Crippen molar-refractivity contribution >= 4 is 51.7 Å². The largest absolute Gasteiger partial charge is 0.492 e. The molecule has 270 valence electrons. The topological polar surface area (TPSA) is 173 Å². The van der Waals surface area contributed by atoms with E-state index in [2.05, 4.69) is 41.1 Å². The molecule has 2 aromatic carbocycles. The summed E-state index contributed by atoms with van der Waals surface area (Å²) in [5.41, 5.74) is 2.47. The van der Waals surface area contributed by atoms with Crippen LogP contribution >= 0.6 is 22.9 Å². The average Bonchev–Trinajstić information content (AvgIpc) is 3.60. The second-order valence-electron chi connectivity index (χ2n) is 12.2. The molecule has 0 aliphatic carbocycles. The van der Waals surface area contributed by atoms with Crippen molar-refractivity contribution in [1.82, 2.24) is 35.4 Å². The molecule has 4 aliphatic heterocycles. The molecule has 0 spiro atoms. The van der Waals surface area contributed by atoms with Gasteiger partial charge in [-0.3, -0.25) is 19.7 Å². The number of alkyl halides is 3. The summed E-state index contributed by atoms with van der Waals surface area (Å²) in [5.74, 6) is -1.53. The molecule has 6 bridgehead atoms. The number of anilines is 2. The van der Waals surface area contributed by atoms with Crippen molar-refractivity contribution in [2.75, 3.05) is 43.5 Å². The number of nitrogens with one attached hydrogen (secondary N) is 3. The third-order valence-corrected chi connectivity index (χ3v) is 8.19. The number of benzene rings is 2. The van der Waals surface area contributed by atoms with Gasteiger partial charge in [0.2, 0.25) is 11.1 Å². The number of carbonyl (C=O) groups is 3. The van der Waals surface area contributed by atoms with E-state index in [1.54, 1.807) is 42.5 Å². The van der Waals surface area contributed by atoms with E-state index in [1.807, 2.05) is 13.8 Å². The van der Waals surface area contributed by atoms with Gasteiger partial charge in [-0.2, -0.15) is 28.1 Å². The third-order valence-electron chi connectivity index (χ3n) is 7.29. The van der Waals surface area contributed by atoms with Gasteiger partial charge in [0.1, 0.15) is 17.1 Å². The van der Waals surface area contributed by atoms with Gasteiger partial charge in [-0.05, 0) is 47.2 Å². The van der Waals surface area contributed by atoms with E-state index >= 15 is 0 Å². The predicted molar refractivity (Wildman–Crippen MR) is 181 cm³/mol. The van der Waals surface area contributed by atoms with Crippen LogP contribution in [0.25, 0.3) is 0 Å². The van der Waals surface area contributed by atoms with Crippen molar-refractivity contribution in [2.45, 2.75) is 39.4 Å². The number of nitrogens with zero attached hydrogens (tertiary/aromatic N) is 6. The van der Waals surface area contributed by atoms with Gasteiger partial charge in [-0.1, -0.05) is 55.0 Å². The summed E-state index contributed by atoms with van der Waals surface area (Å²) in [6.45, 7) is 2.87. The van der Waals surface area contributed by atoms with E-state index in [4.69, 9.17) is 21.1 Å². The van der Waals surface area contributed by atoms with Crippen molar-refractivity contribution in [3.8, 4) is 11.8 Å². The van der Waals surface area contributed by atoms with Crippen LogP contribution in [-0.2, 0) is 22.6 Å². The highest BCUT2D eigenvalue weighted by molar-refractivity contribution is 7.13. The summed E-state index contributed by atoms with van der Waals surface area (Å²) >= 11 is 7.57. The van der Waals surface area contributed by atoms with Crippen molar-refractivity contribution in [3.63, 3.8) is 0 Å². The fraction of sp³-hybridized carbons (Fsp3) is 0.375. The van der Waals surface area contributed by atoms with Gasteiger partial charge >= 0.3 is 24.0 Å². The number of halogens is 4. The van der Waals surface area contributed by atoms with E-state index in [1.165, 1.54) is 10.4 Å². The number of aromatic nitrogens is 5. The maximum absolute atomic E-state index is 13.3. The molecule has 4 aliphatic rings. The molecular formula is C32H33ClF3N9O5S. The fourth-order valence-electron chi connectivity index (χ4n) is 4.88. The first-order valence-corrected chi connectivity index (χ1v) is 16.8. The van der Waals surface area contributed by atoms with Gasteiger partial charge < -0.3 is 25.0 Å². The molecule has 0 unspecified atom stereocenters. The first-order chi connectivity index (χ1) is 24.2. The Balaban J connectivity index is 1.38. The molecular weight excluding hydrogens is 715 g/mol. The number of rotatable bonds is 3. The summed E-state index contributed by atoms with van der Waals surface area (Å²) in [6, 6.07) is 11.1. The van der Waals surface area contributed by atoms with Crippen LogP contribution in [0.3, 0.4) is 0 Å². The maximum atomic E-state index is 13.3. The SMILES string of the molecule is CC1(C)CNC(=O)c2ccc(cc2)Cc2nc(nc(OCC(F)(F)F)n2)NCc2ccc(c(Cl)c2)OCCCN(C(=O)C(=O)Nc2nncs2)C1. The van der Waals surface area contributed by atoms with E-state index in [-0.39, 0.29) is 62.0 Å². The number of hydrogen-bond acceptors (Lipinski definition) is 12. The van der Waals surface area contributed by atoms with Crippen LogP contribution in [0.2, 0.25) is 5.02 Å². The van der Waals surface area contributed by atoms with E-state index in [0.717, 1.165) is 11.3 Å². The highest BCUT2D eigenvalue weighted by Gasteiger charge is 2.30. The lowest BCUT2D eigenvalue weighted by Crippen LogP contribution is -2.48. The summed E-state index contributed by atoms with van der Waals surface area (Å²) in [6.07, 6.45) is -4.16. The summed E-state index contributed by atoms with van der Waals surface area (Å²) in [7, 11) is 0. The smallest absolute Gasteiger partial charge is 0.422 e. The molecule has 0 atom stereocenters. The van der Waals surface area contributed by atoms with Crippen LogP contribution in [-0.4, -0.2) is 86.8 Å². The predicted octanol–water partition coefficient (Wildman–Crippen LogP) is 4.53. The first kappa shape index (κ1) is 37.2. The Morgan fingerprint density at radius 1 is 1.10 bits per heavy atom. The van der Waals surface area contributed by atoms with Gasteiger partial charge in [0.25, 0.3) is 5.91 Å². The minimum atomic E-state index is -4.60. The molecule has 0 fully saturated rings. The van der Waals surface area contributed by atoms with E-state index < -0.39 is 36.0 Å². The standard InChI is InChI=1S/C32H33ClF3N9O5S/c1-31(2)15-38-25(46)21-7-4-19(5-8-21)13-24-40-28(43-29(41-24)50-17-32(34,35)36)37-14-20-6-9-23(22(33)12-20)49-11-3-10-45(16-31)27(48)26(47)42-30-44-39-18-51-30/h4-9,12,18H,3,10-11,13-17H2,1-2H3,(H,38,46)(H,42,44,47)(H,37,40,41,43).